The van der Waals surface area contributed by atoms with Gasteiger partial charge < -0.3 is 0 Å². The maximum atomic E-state index is 12.1. The van der Waals surface area contributed by atoms with Crippen molar-refractivity contribution in [3.05, 3.63) is 58.6 Å². The summed E-state index contributed by atoms with van der Waals surface area (Å²) < 4.78 is 4.90. The predicted molar refractivity (Wildman–Crippen MR) is 81.3 cm³/mol. The topological polar surface area (TPSA) is 42.9 Å². The number of ketones is 1. The van der Waals surface area contributed by atoms with Crippen LogP contribution in [0.15, 0.2) is 42.5 Å². The quantitative estimate of drug-likeness (QED) is 0.738. The molecular weight excluding hydrogens is 292 g/mol. The molecule has 3 aromatic rings. The van der Waals surface area contributed by atoms with Crippen molar-refractivity contribution in [3.8, 4) is 0 Å². The van der Waals surface area contributed by atoms with Gasteiger partial charge in [0.25, 0.3) is 0 Å². The second-order valence-electron chi connectivity index (χ2n) is 4.60. The van der Waals surface area contributed by atoms with Crippen molar-refractivity contribution in [1.29, 1.82) is 0 Å². The summed E-state index contributed by atoms with van der Waals surface area (Å²) in [7, 11) is 0. The molecule has 3 nitrogen and oxygen atoms in total. The van der Waals surface area contributed by atoms with Gasteiger partial charge in [-0.05, 0) is 46.9 Å². The minimum absolute atomic E-state index is 0.170. The third-order valence-electron chi connectivity index (χ3n) is 3.00. The third-order valence-corrected chi connectivity index (χ3v) is 3.93. The van der Waals surface area contributed by atoms with Gasteiger partial charge >= 0.3 is 0 Å². The summed E-state index contributed by atoms with van der Waals surface area (Å²) in [5.74, 6) is 0.170. The van der Waals surface area contributed by atoms with Gasteiger partial charge in [-0.3, -0.25) is 4.79 Å². The first kappa shape index (κ1) is 13.2. The van der Waals surface area contributed by atoms with Crippen LogP contribution in [0.5, 0.6) is 0 Å². The molecule has 5 heteroatoms. The van der Waals surface area contributed by atoms with Crippen molar-refractivity contribution in [2.75, 3.05) is 0 Å². The number of hydrogen-bond acceptors (Lipinski definition) is 4. The summed E-state index contributed by atoms with van der Waals surface area (Å²) in [4.78, 5) is 12.1. The SMILES string of the molecule is O=C(Cc1cccc(Cl)c1)Cc1ccc2nnsc2c1. The molecule has 1 aromatic heterocycles. The lowest BCUT2D eigenvalue weighted by atomic mass is 10.0. The van der Waals surface area contributed by atoms with E-state index in [0.29, 0.717) is 17.9 Å². The molecule has 1 heterocycles. The fourth-order valence-electron chi connectivity index (χ4n) is 2.10. The van der Waals surface area contributed by atoms with Crippen molar-refractivity contribution in [2.45, 2.75) is 12.8 Å². The van der Waals surface area contributed by atoms with Crippen LogP contribution in [0, 0.1) is 0 Å². The Balaban J connectivity index is 1.72. The maximum absolute atomic E-state index is 12.1. The highest BCUT2D eigenvalue weighted by Crippen LogP contribution is 2.18. The van der Waals surface area contributed by atoms with E-state index < -0.39 is 0 Å². The average molecular weight is 303 g/mol. The molecule has 100 valence electrons. The Labute approximate surface area is 125 Å². The summed E-state index contributed by atoms with van der Waals surface area (Å²) in [6, 6.07) is 13.2. The van der Waals surface area contributed by atoms with Crippen molar-refractivity contribution in [3.63, 3.8) is 0 Å². The molecule has 0 aliphatic rings. The Hall–Kier alpha value is -1.78. The molecule has 0 saturated heterocycles. The largest absolute Gasteiger partial charge is 0.299 e. The number of fused-ring (bicyclic) bond motifs is 1. The summed E-state index contributed by atoms with van der Waals surface area (Å²) >= 11 is 7.26. The summed E-state index contributed by atoms with van der Waals surface area (Å²) in [5, 5.41) is 4.65. The molecule has 0 aliphatic heterocycles. The number of hydrogen-bond donors (Lipinski definition) is 0. The molecule has 3 rings (SSSR count). The number of carbonyl (C=O) groups excluding carboxylic acids is 1. The van der Waals surface area contributed by atoms with Gasteiger partial charge in [0.1, 0.15) is 11.3 Å². The number of aromatic nitrogens is 2. The molecule has 0 bridgehead atoms. The van der Waals surface area contributed by atoms with Crippen LogP contribution in [0.4, 0.5) is 0 Å². The van der Waals surface area contributed by atoms with Crippen LogP contribution < -0.4 is 0 Å². The maximum Gasteiger partial charge on any atom is 0.141 e. The normalized spacial score (nSPS) is 10.8. The van der Waals surface area contributed by atoms with Gasteiger partial charge in [0.2, 0.25) is 0 Å². The van der Waals surface area contributed by atoms with Crippen LogP contribution in [-0.4, -0.2) is 15.4 Å². The average Bonchev–Trinajstić information content (AvgIpc) is 2.86. The number of carbonyl (C=O) groups is 1. The van der Waals surface area contributed by atoms with Gasteiger partial charge in [0.15, 0.2) is 0 Å². The minimum Gasteiger partial charge on any atom is -0.299 e. The first-order valence-electron chi connectivity index (χ1n) is 6.18. The Kier molecular flexibility index (Phi) is 3.76. The zero-order chi connectivity index (χ0) is 13.9. The van der Waals surface area contributed by atoms with Crippen molar-refractivity contribution >= 4 is 39.1 Å². The smallest absolute Gasteiger partial charge is 0.141 e. The Morgan fingerprint density at radius 2 is 1.90 bits per heavy atom. The number of halogens is 1. The van der Waals surface area contributed by atoms with E-state index in [1.165, 1.54) is 11.5 Å². The van der Waals surface area contributed by atoms with E-state index in [4.69, 9.17) is 11.6 Å². The molecule has 0 fully saturated rings. The van der Waals surface area contributed by atoms with Gasteiger partial charge in [-0.1, -0.05) is 34.3 Å². The minimum atomic E-state index is 0.170. The van der Waals surface area contributed by atoms with Gasteiger partial charge in [0.05, 0.1) is 4.70 Å². The van der Waals surface area contributed by atoms with Crippen molar-refractivity contribution in [2.24, 2.45) is 0 Å². The van der Waals surface area contributed by atoms with Crippen LogP contribution in [0.2, 0.25) is 5.02 Å². The van der Waals surface area contributed by atoms with E-state index in [0.717, 1.165) is 21.3 Å². The van der Waals surface area contributed by atoms with E-state index >= 15 is 0 Å². The van der Waals surface area contributed by atoms with Crippen molar-refractivity contribution in [1.82, 2.24) is 9.59 Å². The van der Waals surface area contributed by atoms with Crippen LogP contribution in [-0.2, 0) is 17.6 Å². The van der Waals surface area contributed by atoms with E-state index in [9.17, 15) is 4.79 Å². The molecule has 0 saturated carbocycles. The number of nitrogens with zero attached hydrogens (tertiary/aromatic N) is 2. The van der Waals surface area contributed by atoms with E-state index in [1.807, 2.05) is 36.4 Å². The second kappa shape index (κ2) is 5.69. The lowest BCUT2D eigenvalue weighted by Gasteiger charge is -2.02. The van der Waals surface area contributed by atoms with E-state index in [1.54, 1.807) is 6.07 Å². The highest BCUT2D eigenvalue weighted by molar-refractivity contribution is 7.12. The Morgan fingerprint density at radius 3 is 2.70 bits per heavy atom. The monoisotopic (exact) mass is 302 g/mol. The molecule has 2 aromatic carbocycles. The zero-order valence-corrected chi connectivity index (χ0v) is 12.1. The number of rotatable bonds is 4. The molecule has 0 unspecified atom stereocenters. The molecule has 20 heavy (non-hydrogen) atoms. The second-order valence-corrected chi connectivity index (χ2v) is 5.82. The molecule has 0 atom stereocenters. The Bertz CT molecular complexity index is 769. The highest BCUT2D eigenvalue weighted by Gasteiger charge is 2.07. The third kappa shape index (κ3) is 3.03. The first-order chi connectivity index (χ1) is 9.70. The molecular formula is C15H11ClN2OS. The van der Waals surface area contributed by atoms with Gasteiger partial charge in [0, 0.05) is 17.9 Å². The molecule has 0 spiro atoms. The van der Waals surface area contributed by atoms with Crippen LogP contribution in [0.3, 0.4) is 0 Å². The van der Waals surface area contributed by atoms with Crippen LogP contribution in [0.25, 0.3) is 10.2 Å². The molecule has 0 aliphatic carbocycles. The van der Waals surface area contributed by atoms with Gasteiger partial charge in [-0.15, -0.1) is 5.10 Å². The standard InChI is InChI=1S/C15H11ClN2OS/c16-12-3-1-2-10(6-12)7-13(19)8-11-4-5-14-15(9-11)20-18-17-14/h1-6,9H,7-8H2. The summed E-state index contributed by atoms with van der Waals surface area (Å²) in [5.41, 5.74) is 2.82. The van der Waals surface area contributed by atoms with Crippen LogP contribution >= 0.6 is 23.1 Å². The lowest BCUT2D eigenvalue weighted by Crippen LogP contribution is -2.06. The van der Waals surface area contributed by atoms with Gasteiger partial charge in [-0.25, -0.2) is 0 Å². The fourth-order valence-corrected chi connectivity index (χ4v) is 2.93. The van der Waals surface area contributed by atoms with E-state index in [2.05, 4.69) is 9.59 Å². The fraction of sp³-hybridized carbons (Fsp3) is 0.133. The number of Topliss-reactive ketones (excluding diaryl/α,β-unsaturated/α-hetero) is 1. The lowest BCUT2D eigenvalue weighted by molar-refractivity contribution is -0.117. The molecule has 0 radical (unpaired) electrons. The molecule has 0 amide bonds. The predicted octanol–water partition coefficient (Wildman–Crippen LogP) is 3.70. The summed E-state index contributed by atoms with van der Waals surface area (Å²) in [6.45, 7) is 0. The van der Waals surface area contributed by atoms with Crippen LogP contribution in [0.1, 0.15) is 11.1 Å². The van der Waals surface area contributed by atoms with Crippen molar-refractivity contribution < 1.29 is 4.79 Å². The Morgan fingerprint density at radius 1 is 1.10 bits per heavy atom. The first-order valence-corrected chi connectivity index (χ1v) is 7.33. The van der Waals surface area contributed by atoms with Gasteiger partial charge in [-0.2, -0.15) is 0 Å². The highest BCUT2D eigenvalue weighted by atomic mass is 35.5. The summed E-state index contributed by atoms with van der Waals surface area (Å²) in [6.07, 6.45) is 0.819. The number of benzene rings is 2. The zero-order valence-electron chi connectivity index (χ0n) is 10.5. The molecule has 0 N–H and O–H groups in total. The van der Waals surface area contributed by atoms with E-state index in [-0.39, 0.29) is 5.78 Å².